The monoisotopic (exact) mass is 386 g/mol. The number of aromatic nitrogens is 1. The first kappa shape index (κ1) is 18.4. The van der Waals surface area contributed by atoms with Crippen molar-refractivity contribution in [2.75, 3.05) is 12.9 Å². The summed E-state index contributed by atoms with van der Waals surface area (Å²) in [5.74, 6) is 0.282. The number of amides is 1. The highest BCUT2D eigenvalue weighted by Crippen LogP contribution is 2.20. The van der Waals surface area contributed by atoms with Crippen molar-refractivity contribution in [2.24, 2.45) is 12.0 Å². The Morgan fingerprint density at radius 2 is 2.00 bits per heavy atom. The lowest BCUT2D eigenvalue weighted by atomic mass is 10.2. The number of esters is 1. The third-order valence-corrected chi connectivity index (χ3v) is 5.79. The highest BCUT2D eigenvalue weighted by molar-refractivity contribution is 7.99. The maximum Gasteiger partial charge on any atom is 0.337 e. The number of fused-ring (bicyclic) bond motifs is 1. The van der Waals surface area contributed by atoms with Crippen molar-refractivity contribution in [2.45, 2.75) is 11.8 Å². The minimum Gasteiger partial charge on any atom is -0.465 e. The Balaban J connectivity index is 2.01. The van der Waals surface area contributed by atoms with Gasteiger partial charge in [-0.1, -0.05) is 24.3 Å². The molecule has 0 atom stereocenters. The van der Waals surface area contributed by atoms with Gasteiger partial charge in [0.25, 0.3) is 5.91 Å². The first-order valence-corrected chi connectivity index (χ1v) is 9.83. The smallest absolute Gasteiger partial charge is 0.337 e. The van der Waals surface area contributed by atoms with E-state index < -0.39 is 0 Å². The summed E-state index contributed by atoms with van der Waals surface area (Å²) in [6.07, 6.45) is 0. The SMILES string of the molecule is CCSc1cccc(C(=O)N=c2sc3cc(C(=O)OC)ccc3n2C)c1. The molecule has 0 radical (unpaired) electrons. The van der Waals surface area contributed by atoms with Crippen LogP contribution in [-0.4, -0.2) is 29.3 Å². The van der Waals surface area contributed by atoms with Gasteiger partial charge >= 0.3 is 5.97 Å². The molecule has 0 unspecified atom stereocenters. The lowest BCUT2D eigenvalue weighted by molar-refractivity contribution is 0.0601. The zero-order valence-corrected chi connectivity index (χ0v) is 16.3. The molecule has 0 saturated carbocycles. The van der Waals surface area contributed by atoms with Gasteiger partial charge in [0.15, 0.2) is 4.80 Å². The molecule has 0 saturated heterocycles. The Morgan fingerprint density at radius 3 is 2.73 bits per heavy atom. The number of benzene rings is 2. The molecule has 0 spiro atoms. The number of ether oxygens (including phenoxy) is 1. The fourth-order valence-corrected chi connectivity index (χ4v) is 4.30. The quantitative estimate of drug-likeness (QED) is 0.504. The average Bonchev–Trinajstić information content (AvgIpc) is 2.96. The van der Waals surface area contributed by atoms with Gasteiger partial charge in [-0.15, -0.1) is 11.8 Å². The minimum atomic E-state index is -0.386. The summed E-state index contributed by atoms with van der Waals surface area (Å²) in [6.45, 7) is 2.07. The van der Waals surface area contributed by atoms with Crippen molar-refractivity contribution in [3.63, 3.8) is 0 Å². The molecule has 1 heterocycles. The highest BCUT2D eigenvalue weighted by Gasteiger charge is 2.11. The molecule has 3 rings (SSSR count). The summed E-state index contributed by atoms with van der Waals surface area (Å²) in [5.41, 5.74) is 1.95. The van der Waals surface area contributed by atoms with Crippen molar-refractivity contribution in [1.82, 2.24) is 4.57 Å². The molecule has 3 aromatic rings. The molecule has 5 nitrogen and oxygen atoms in total. The number of carbonyl (C=O) groups is 2. The Hall–Kier alpha value is -2.38. The van der Waals surface area contributed by atoms with Crippen LogP contribution in [0.2, 0.25) is 0 Å². The van der Waals surface area contributed by atoms with E-state index in [0.29, 0.717) is 15.9 Å². The van der Waals surface area contributed by atoms with Crippen LogP contribution in [0.4, 0.5) is 0 Å². The molecular formula is C19H18N2O3S2. The molecule has 1 aromatic heterocycles. The predicted octanol–water partition coefficient (Wildman–Crippen LogP) is 3.88. The molecule has 0 bridgehead atoms. The number of carbonyl (C=O) groups excluding carboxylic acids is 2. The Kier molecular flexibility index (Phi) is 5.58. The van der Waals surface area contributed by atoms with E-state index in [-0.39, 0.29) is 11.9 Å². The molecule has 2 aromatic carbocycles. The van der Waals surface area contributed by atoms with Crippen molar-refractivity contribution in [3.8, 4) is 0 Å². The number of rotatable bonds is 4. The first-order valence-electron chi connectivity index (χ1n) is 8.03. The summed E-state index contributed by atoms with van der Waals surface area (Å²) in [7, 11) is 3.21. The van der Waals surface area contributed by atoms with E-state index in [1.807, 2.05) is 35.9 Å². The Morgan fingerprint density at radius 1 is 1.19 bits per heavy atom. The number of aryl methyl sites for hydroxylation is 1. The van der Waals surface area contributed by atoms with Crippen molar-refractivity contribution >= 4 is 45.2 Å². The third kappa shape index (κ3) is 3.73. The number of nitrogens with zero attached hydrogens (tertiary/aromatic N) is 2. The van der Waals surface area contributed by atoms with Gasteiger partial charge < -0.3 is 9.30 Å². The number of thiazole rings is 1. The zero-order valence-electron chi connectivity index (χ0n) is 14.7. The molecule has 7 heteroatoms. The van der Waals surface area contributed by atoms with Gasteiger partial charge in [-0.05, 0) is 42.2 Å². The van der Waals surface area contributed by atoms with Crippen LogP contribution < -0.4 is 4.80 Å². The van der Waals surface area contributed by atoms with Crippen LogP contribution in [0.1, 0.15) is 27.6 Å². The van der Waals surface area contributed by atoms with Crippen LogP contribution in [0.5, 0.6) is 0 Å². The second kappa shape index (κ2) is 7.88. The van der Waals surface area contributed by atoms with Gasteiger partial charge in [-0.3, -0.25) is 4.79 Å². The van der Waals surface area contributed by atoms with E-state index in [0.717, 1.165) is 20.9 Å². The number of methoxy groups -OCH3 is 1. The van der Waals surface area contributed by atoms with Crippen molar-refractivity contribution in [1.29, 1.82) is 0 Å². The van der Waals surface area contributed by atoms with Gasteiger partial charge in [-0.2, -0.15) is 4.99 Å². The molecule has 1 amide bonds. The van der Waals surface area contributed by atoms with Crippen LogP contribution in [0, 0.1) is 0 Å². The van der Waals surface area contributed by atoms with E-state index in [9.17, 15) is 9.59 Å². The fourth-order valence-electron chi connectivity index (χ4n) is 2.52. The second-order valence-electron chi connectivity index (χ2n) is 5.50. The molecule has 0 aliphatic carbocycles. The maximum absolute atomic E-state index is 12.6. The average molecular weight is 386 g/mol. The summed E-state index contributed by atoms with van der Waals surface area (Å²) < 4.78 is 7.48. The largest absolute Gasteiger partial charge is 0.465 e. The standard InChI is InChI=1S/C19H18N2O3S2/c1-4-25-14-7-5-6-12(10-14)17(22)20-19-21(2)15-9-8-13(18(23)24-3)11-16(15)26-19/h5-11H,4H2,1-3H3. The van der Waals surface area contributed by atoms with Crippen LogP contribution in [0.3, 0.4) is 0 Å². The van der Waals surface area contributed by atoms with Crippen LogP contribution in [0.25, 0.3) is 10.2 Å². The summed E-state index contributed by atoms with van der Waals surface area (Å²) in [5, 5.41) is 0. The van der Waals surface area contributed by atoms with E-state index in [1.54, 1.807) is 30.0 Å². The summed E-state index contributed by atoms with van der Waals surface area (Å²) in [6, 6.07) is 12.8. The van der Waals surface area contributed by atoms with Crippen LogP contribution in [0.15, 0.2) is 52.4 Å². The molecule has 0 N–H and O–H groups in total. The Bertz CT molecular complexity index is 1050. The lowest BCUT2D eigenvalue weighted by Crippen LogP contribution is -2.13. The van der Waals surface area contributed by atoms with Gasteiger partial charge in [0.1, 0.15) is 0 Å². The first-order chi connectivity index (χ1) is 12.5. The Labute approximate surface area is 159 Å². The molecular weight excluding hydrogens is 368 g/mol. The van der Waals surface area contributed by atoms with Crippen LogP contribution in [-0.2, 0) is 11.8 Å². The topological polar surface area (TPSA) is 60.7 Å². The number of hydrogen-bond donors (Lipinski definition) is 0. The van der Waals surface area contributed by atoms with Gasteiger partial charge in [-0.25, -0.2) is 4.79 Å². The summed E-state index contributed by atoms with van der Waals surface area (Å²) in [4.78, 5) is 30.2. The third-order valence-electron chi connectivity index (χ3n) is 3.82. The molecule has 0 aliphatic rings. The van der Waals surface area contributed by atoms with Crippen molar-refractivity contribution < 1.29 is 14.3 Å². The molecule has 134 valence electrons. The zero-order chi connectivity index (χ0) is 18.7. The van der Waals surface area contributed by atoms with E-state index in [2.05, 4.69) is 11.9 Å². The van der Waals surface area contributed by atoms with E-state index in [1.165, 1.54) is 18.4 Å². The van der Waals surface area contributed by atoms with Gasteiger partial charge in [0.05, 0.1) is 22.9 Å². The highest BCUT2D eigenvalue weighted by atomic mass is 32.2. The predicted molar refractivity (Wildman–Crippen MR) is 105 cm³/mol. The normalized spacial score (nSPS) is 11.7. The van der Waals surface area contributed by atoms with Gasteiger partial charge in [0.2, 0.25) is 0 Å². The minimum absolute atomic E-state index is 0.279. The van der Waals surface area contributed by atoms with E-state index in [4.69, 9.17) is 4.74 Å². The fraction of sp³-hybridized carbons (Fsp3) is 0.211. The van der Waals surface area contributed by atoms with E-state index >= 15 is 0 Å². The number of thioether (sulfide) groups is 1. The van der Waals surface area contributed by atoms with Crippen molar-refractivity contribution in [3.05, 3.63) is 58.4 Å². The molecule has 0 aliphatic heterocycles. The number of hydrogen-bond acceptors (Lipinski definition) is 5. The van der Waals surface area contributed by atoms with Crippen LogP contribution >= 0.6 is 23.1 Å². The second-order valence-corrected chi connectivity index (χ2v) is 7.84. The summed E-state index contributed by atoms with van der Waals surface area (Å²) >= 11 is 3.05. The lowest BCUT2D eigenvalue weighted by Gasteiger charge is -2.01. The maximum atomic E-state index is 12.6. The molecule has 26 heavy (non-hydrogen) atoms. The molecule has 0 fully saturated rings. The van der Waals surface area contributed by atoms with Gasteiger partial charge in [0, 0.05) is 17.5 Å².